The van der Waals surface area contributed by atoms with E-state index in [1.807, 2.05) is 12.1 Å². The number of carbonyl (C=O) groups is 1. The molecule has 14 nitrogen and oxygen atoms in total. The topological polar surface area (TPSA) is 137 Å². The molecule has 61 heavy (non-hydrogen) atoms. The number of benzene rings is 1. The Morgan fingerprint density at radius 2 is 0.639 bits per heavy atom. The van der Waals surface area contributed by atoms with Gasteiger partial charge < -0.3 is 61.6 Å². The van der Waals surface area contributed by atoms with Crippen LogP contribution in [-0.2, 0) is 68.1 Å². The second-order valence-corrected chi connectivity index (χ2v) is 14.5. The number of rotatable bonds is 51. The van der Waals surface area contributed by atoms with Crippen LogP contribution in [0.4, 0.5) is 0 Å². The van der Waals surface area contributed by atoms with E-state index in [-0.39, 0.29) is 12.6 Å². The Hall–Kier alpha value is -1.95. The van der Waals surface area contributed by atoms with E-state index in [1.54, 1.807) is 0 Å². The Morgan fingerprint density at radius 1 is 0.344 bits per heavy atom. The number of esters is 1. The number of hydrogen-bond acceptors (Lipinski definition) is 14. The van der Waals surface area contributed by atoms with Crippen molar-refractivity contribution in [1.29, 1.82) is 0 Å². The maximum absolute atomic E-state index is 11.7. The van der Waals surface area contributed by atoms with Gasteiger partial charge in [0.05, 0.1) is 145 Å². The minimum Gasteiger partial charge on any atom is -0.491 e. The van der Waals surface area contributed by atoms with Gasteiger partial charge in [0.2, 0.25) is 0 Å². The Morgan fingerprint density at radius 3 is 1.00 bits per heavy atom. The highest BCUT2D eigenvalue weighted by Crippen LogP contribution is 2.15. The van der Waals surface area contributed by atoms with Gasteiger partial charge in [0, 0.05) is 6.42 Å². The Balaban J connectivity index is 1.66. The van der Waals surface area contributed by atoms with E-state index in [0.29, 0.717) is 158 Å². The van der Waals surface area contributed by atoms with Crippen LogP contribution < -0.4 is 4.74 Å². The molecule has 1 aromatic rings. The van der Waals surface area contributed by atoms with Crippen molar-refractivity contribution in [3.63, 3.8) is 0 Å². The Kier molecular flexibility index (Phi) is 45.9. The third-order valence-corrected chi connectivity index (χ3v) is 9.18. The van der Waals surface area contributed by atoms with Gasteiger partial charge in [0.15, 0.2) is 0 Å². The summed E-state index contributed by atoms with van der Waals surface area (Å²) >= 11 is 0. The number of carbonyl (C=O) groups excluding carboxylic acids is 1. The minimum atomic E-state index is -0.144. The van der Waals surface area contributed by atoms with E-state index >= 15 is 0 Å². The van der Waals surface area contributed by atoms with Crippen molar-refractivity contribution in [3.8, 4) is 5.75 Å². The molecule has 0 unspecified atom stereocenters. The molecule has 0 aromatic heterocycles. The van der Waals surface area contributed by atoms with Crippen molar-refractivity contribution >= 4 is 5.97 Å². The molecule has 0 aliphatic carbocycles. The molecule has 358 valence electrons. The standard InChI is InChI=1S/C47H86O14/c1-3-5-7-9-11-13-15-45-17-19-46(20-18-45)60-43-41-58-39-37-56-35-33-54-31-29-52-27-25-50-23-21-49-22-24-51-26-28-53-30-32-55-34-36-57-38-40-59-42-44-61-47(48)16-14-12-10-8-6-4-2/h17-20H,3-16,21-44H2,1-2H3. The summed E-state index contributed by atoms with van der Waals surface area (Å²) in [6.07, 6.45) is 16.5. The second-order valence-electron chi connectivity index (χ2n) is 14.5. The largest absolute Gasteiger partial charge is 0.491 e. The Bertz CT molecular complexity index is 1000. The quantitative estimate of drug-likeness (QED) is 0.0474. The first-order chi connectivity index (χ1) is 30.3. The van der Waals surface area contributed by atoms with Gasteiger partial charge in [0.25, 0.3) is 0 Å². The molecular weight excluding hydrogens is 789 g/mol. The summed E-state index contributed by atoms with van der Waals surface area (Å²) in [7, 11) is 0. The van der Waals surface area contributed by atoms with Gasteiger partial charge in [-0.15, -0.1) is 0 Å². The zero-order chi connectivity index (χ0) is 43.6. The zero-order valence-electron chi connectivity index (χ0n) is 38.4. The van der Waals surface area contributed by atoms with Crippen LogP contribution in [0.3, 0.4) is 0 Å². The lowest BCUT2D eigenvalue weighted by Gasteiger charge is -2.09. The fraction of sp³-hybridized carbons (Fsp3) is 0.851. The molecule has 0 spiro atoms. The van der Waals surface area contributed by atoms with Crippen LogP contribution in [0.2, 0.25) is 0 Å². The first-order valence-electron chi connectivity index (χ1n) is 23.5. The summed E-state index contributed by atoms with van der Waals surface area (Å²) in [5, 5.41) is 0. The number of hydrogen-bond donors (Lipinski definition) is 0. The summed E-state index contributed by atoms with van der Waals surface area (Å²) in [5.41, 5.74) is 1.37. The zero-order valence-corrected chi connectivity index (χ0v) is 38.4. The van der Waals surface area contributed by atoms with Gasteiger partial charge in [-0.25, -0.2) is 0 Å². The van der Waals surface area contributed by atoms with Crippen molar-refractivity contribution in [2.45, 2.75) is 104 Å². The average Bonchev–Trinajstić information content (AvgIpc) is 3.27. The van der Waals surface area contributed by atoms with Gasteiger partial charge >= 0.3 is 5.97 Å². The molecule has 1 rings (SSSR count). The first kappa shape index (κ1) is 57.1. The SMILES string of the molecule is CCCCCCCCC(=O)OCCOCCOCCOCCOCCOCCOCCOCCOCCOCCOCCOCCOc1ccc(CCCCCCCC)cc1. The van der Waals surface area contributed by atoms with Crippen LogP contribution >= 0.6 is 0 Å². The van der Waals surface area contributed by atoms with Crippen molar-refractivity contribution in [3.05, 3.63) is 29.8 Å². The van der Waals surface area contributed by atoms with Crippen molar-refractivity contribution < 1.29 is 66.4 Å². The third kappa shape index (κ3) is 44.5. The van der Waals surface area contributed by atoms with E-state index in [2.05, 4.69) is 26.0 Å². The van der Waals surface area contributed by atoms with Gasteiger partial charge in [-0.05, 0) is 37.0 Å². The van der Waals surface area contributed by atoms with Crippen LogP contribution in [0.15, 0.2) is 24.3 Å². The number of ether oxygens (including phenoxy) is 13. The van der Waals surface area contributed by atoms with E-state index < -0.39 is 0 Å². The summed E-state index contributed by atoms with van der Waals surface area (Å²) in [5.74, 6) is 0.738. The lowest BCUT2D eigenvalue weighted by molar-refractivity contribution is -0.145. The van der Waals surface area contributed by atoms with E-state index in [9.17, 15) is 4.79 Å². The van der Waals surface area contributed by atoms with Gasteiger partial charge in [-0.3, -0.25) is 4.79 Å². The average molecular weight is 875 g/mol. The van der Waals surface area contributed by atoms with Gasteiger partial charge in [0.1, 0.15) is 19.0 Å². The molecule has 0 saturated carbocycles. The molecule has 0 fully saturated rings. The van der Waals surface area contributed by atoms with Crippen molar-refractivity contribution in [2.75, 3.05) is 159 Å². The van der Waals surface area contributed by atoms with Crippen molar-refractivity contribution in [1.82, 2.24) is 0 Å². The molecule has 0 radical (unpaired) electrons. The molecular formula is C47H86O14. The van der Waals surface area contributed by atoms with Crippen molar-refractivity contribution in [2.24, 2.45) is 0 Å². The predicted molar refractivity (Wildman–Crippen MR) is 237 cm³/mol. The number of unbranched alkanes of at least 4 members (excludes halogenated alkanes) is 10. The molecule has 0 heterocycles. The normalized spacial score (nSPS) is 11.4. The highest BCUT2D eigenvalue weighted by molar-refractivity contribution is 5.69. The molecule has 0 atom stereocenters. The number of aryl methyl sites for hydroxylation is 1. The smallest absolute Gasteiger partial charge is 0.305 e. The van der Waals surface area contributed by atoms with Gasteiger partial charge in [-0.2, -0.15) is 0 Å². The maximum atomic E-state index is 11.7. The fourth-order valence-corrected chi connectivity index (χ4v) is 5.72. The predicted octanol–water partition coefficient (Wildman–Crippen LogP) is 7.44. The first-order valence-corrected chi connectivity index (χ1v) is 23.5. The van der Waals surface area contributed by atoms with Crippen LogP contribution in [0.25, 0.3) is 0 Å². The van der Waals surface area contributed by atoms with E-state index in [1.165, 1.54) is 69.8 Å². The fourth-order valence-electron chi connectivity index (χ4n) is 5.72. The molecule has 0 aliphatic rings. The molecule has 0 N–H and O–H groups in total. The summed E-state index contributed by atoms with van der Waals surface area (Å²) in [6.45, 7) is 16.1. The molecule has 1 aromatic carbocycles. The third-order valence-electron chi connectivity index (χ3n) is 9.18. The molecule has 0 aliphatic heterocycles. The molecule has 0 saturated heterocycles. The second kappa shape index (κ2) is 49.1. The minimum absolute atomic E-state index is 0.144. The molecule has 0 bridgehead atoms. The summed E-state index contributed by atoms with van der Waals surface area (Å²) < 4.78 is 71.6. The lowest BCUT2D eigenvalue weighted by atomic mass is 10.0. The molecule has 14 heteroatoms. The highest BCUT2D eigenvalue weighted by atomic mass is 16.6. The van der Waals surface area contributed by atoms with Gasteiger partial charge in [-0.1, -0.05) is 90.2 Å². The maximum Gasteiger partial charge on any atom is 0.305 e. The molecule has 0 amide bonds. The van der Waals surface area contributed by atoms with Crippen LogP contribution in [-0.4, -0.2) is 165 Å². The monoisotopic (exact) mass is 875 g/mol. The summed E-state index contributed by atoms with van der Waals surface area (Å²) in [6, 6.07) is 8.43. The Labute approximate surface area is 369 Å². The van der Waals surface area contributed by atoms with E-state index in [4.69, 9.17) is 61.6 Å². The summed E-state index contributed by atoms with van der Waals surface area (Å²) in [4.78, 5) is 11.7. The van der Waals surface area contributed by atoms with Crippen LogP contribution in [0.5, 0.6) is 5.75 Å². The lowest BCUT2D eigenvalue weighted by Crippen LogP contribution is -2.16. The van der Waals surface area contributed by atoms with E-state index in [0.717, 1.165) is 25.0 Å². The van der Waals surface area contributed by atoms with Crippen LogP contribution in [0.1, 0.15) is 103 Å². The highest BCUT2D eigenvalue weighted by Gasteiger charge is 2.03. The van der Waals surface area contributed by atoms with Crippen LogP contribution in [0, 0.1) is 0 Å².